The van der Waals surface area contributed by atoms with Crippen LogP contribution < -0.4 is 10.6 Å². The second kappa shape index (κ2) is 12.8. The summed E-state index contributed by atoms with van der Waals surface area (Å²) in [6, 6.07) is 6.65. The molecule has 10 nitrogen and oxygen atoms in total. The Hall–Kier alpha value is -2.95. The quantitative estimate of drug-likeness (QED) is 0.347. The highest BCUT2D eigenvalue weighted by atomic mass is 32.2. The van der Waals surface area contributed by atoms with Crippen LogP contribution in [0.25, 0.3) is 0 Å². The van der Waals surface area contributed by atoms with Crippen LogP contribution in [0.5, 0.6) is 0 Å². The topological polar surface area (TPSA) is 140 Å². The predicted molar refractivity (Wildman–Crippen MR) is 118 cm³/mol. The van der Waals surface area contributed by atoms with E-state index < -0.39 is 47.1 Å². The maximum absolute atomic E-state index is 12.2. The Bertz CT molecular complexity index is 782. The van der Waals surface area contributed by atoms with E-state index in [1.54, 1.807) is 52.0 Å². The fourth-order valence-corrected chi connectivity index (χ4v) is 3.45. The van der Waals surface area contributed by atoms with Crippen molar-refractivity contribution in [1.29, 1.82) is 0 Å². The van der Waals surface area contributed by atoms with Crippen molar-refractivity contribution in [3.05, 3.63) is 35.9 Å². The van der Waals surface area contributed by atoms with Crippen LogP contribution in [0.4, 0.5) is 9.59 Å². The number of hydrogen-bond donors (Lipinski definition) is 3. The van der Waals surface area contributed by atoms with Crippen molar-refractivity contribution in [1.82, 2.24) is 10.6 Å². The van der Waals surface area contributed by atoms with E-state index >= 15 is 0 Å². The monoisotopic (exact) mass is 470 g/mol. The number of ether oxygens (including phenoxy) is 3. The molecule has 0 aliphatic rings. The molecule has 0 unspecified atom stereocenters. The number of esters is 1. The van der Waals surface area contributed by atoms with Crippen LogP contribution in [-0.4, -0.2) is 65.0 Å². The van der Waals surface area contributed by atoms with Crippen LogP contribution in [0.1, 0.15) is 33.3 Å². The van der Waals surface area contributed by atoms with Gasteiger partial charge in [-0.2, -0.15) is 11.8 Å². The number of carboxylic acids is 1. The van der Waals surface area contributed by atoms with Gasteiger partial charge in [0.15, 0.2) is 0 Å². The molecule has 0 spiro atoms. The SMILES string of the molecule is COC(=O)[C@H](NC(=O)OCc1ccccc1)[C@H](C)SC[C@@H](NC(=O)OC(C)(C)C)C(=O)O. The van der Waals surface area contributed by atoms with E-state index in [9.17, 15) is 24.3 Å². The van der Waals surface area contributed by atoms with Crippen LogP contribution in [0, 0.1) is 0 Å². The van der Waals surface area contributed by atoms with Gasteiger partial charge in [-0.15, -0.1) is 0 Å². The summed E-state index contributed by atoms with van der Waals surface area (Å²) < 4.78 is 14.9. The summed E-state index contributed by atoms with van der Waals surface area (Å²) in [7, 11) is 1.17. The van der Waals surface area contributed by atoms with Crippen LogP contribution in [0.15, 0.2) is 30.3 Å². The lowest BCUT2D eigenvalue weighted by Gasteiger charge is -2.25. The summed E-state index contributed by atoms with van der Waals surface area (Å²) in [4.78, 5) is 47.7. The van der Waals surface area contributed by atoms with Crippen molar-refractivity contribution in [3.63, 3.8) is 0 Å². The first-order valence-electron chi connectivity index (χ1n) is 9.82. The minimum atomic E-state index is -1.26. The van der Waals surface area contributed by atoms with Crippen LogP contribution >= 0.6 is 11.8 Å². The van der Waals surface area contributed by atoms with Crippen LogP contribution in [-0.2, 0) is 30.4 Å². The number of carboxylic acid groups (broad SMARTS) is 1. The van der Waals surface area contributed by atoms with E-state index in [1.165, 1.54) is 7.11 Å². The first-order valence-corrected chi connectivity index (χ1v) is 10.9. The maximum Gasteiger partial charge on any atom is 0.408 e. The number of carbonyl (C=O) groups is 4. The van der Waals surface area contributed by atoms with Gasteiger partial charge in [0.25, 0.3) is 0 Å². The Kier molecular flexibility index (Phi) is 10.8. The van der Waals surface area contributed by atoms with Gasteiger partial charge in [-0.1, -0.05) is 37.3 Å². The molecule has 178 valence electrons. The number of aliphatic carboxylic acids is 1. The van der Waals surface area contributed by atoms with Crippen molar-refractivity contribution in [2.75, 3.05) is 12.9 Å². The number of nitrogens with one attached hydrogen (secondary N) is 2. The molecule has 3 atom stereocenters. The standard InChI is InChI=1S/C21H30N2O8S/c1-13(32-12-15(17(24)25)22-20(28)31-21(2,3)4)16(18(26)29-5)23-19(27)30-11-14-9-7-6-8-10-14/h6-10,13,15-16H,11-12H2,1-5H3,(H,22,28)(H,23,27)(H,24,25)/t13-,15+,16+/m0/s1. The third-order valence-corrected chi connectivity index (χ3v) is 5.25. The number of carbonyl (C=O) groups excluding carboxylic acids is 3. The summed E-state index contributed by atoms with van der Waals surface area (Å²) in [5, 5.41) is 13.5. The summed E-state index contributed by atoms with van der Waals surface area (Å²) in [5.41, 5.74) is -0.00895. The summed E-state index contributed by atoms with van der Waals surface area (Å²) in [6.45, 7) is 6.60. The Balaban J connectivity index is 2.68. The molecule has 3 N–H and O–H groups in total. The Morgan fingerprint density at radius 2 is 1.69 bits per heavy atom. The number of thioether (sulfide) groups is 1. The van der Waals surface area contributed by atoms with E-state index in [2.05, 4.69) is 10.6 Å². The number of hydrogen-bond acceptors (Lipinski definition) is 8. The lowest BCUT2D eigenvalue weighted by molar-refractivity contribution is -0.143. The van der Waals surface area contributed by atoms with Gasteiger partial charge in [0.2, 0.25) is 0 Å². The second-order valence-electron chi connectivity index (χ2n) is 7.78. The van der Waals surface area contributed by atoms with Crippen LogP contribution in [0.2, 0.25) is 0 Å². The highest BCUT2D eigenvalue weighted by Crippen LogP contribution is 2.18. The number of benzene rings is 1. The molecule has 11 heteroatoms. The lowest BCUT2D eigenvalue weighted by atomic mass is 10.2. The molecule has 32 heavy (non-hydrogen) atoms. The molecule has 0 bridgehead atoms. The zero-order chi connectivity index (χ0) is 24.3. The molecule has 0 aliphatic heterocycles. The molecule has 0 aromatic heterocycles. The third kappa shape index (κ3) is 10.4. The van der Waals surface area contributed by atoms with Gasteiger partial charge in [-0.05, 0) is 26.3 Å². The minimum absolute atomic E-state index is 0.0169. The molecule has 1 rings (SSSR count). The molecule has 0 radical (unpaired) electrons. The van der Waals surface area contributed by atoms with Gasteiger partial charge in [-0.3, -0.25) is 0 Å². The van der Waals surface area contributed by atoms with Gasteiger partial charge >= 0.3 is 24.1 Å². The van der Waals surface area contributed by atoms with Gasteiger partial charge in [0.1, 0.15) is 24.3 Å². The fraction of sp³-hybridized carbons (Fsp3) is 0.524. The molecule has 0 saturated heterocycles. The maximum atomic E-state index is 12.2. The second-order valence-corrected chi connectivity index (χ2v) is 9.19. The molecule has 0 saturated carbocycles. The van der Waals surface area contributed by atoms with Gasteiger partial charge in [0, 0.05) is 11.0 Å². The average Bonchev–Trinajstić information content (AvgIpc) is 2.71. The minimum Gasteiger partial charge on any atom is -0.480 e. The number of methoxy groups -OCH3 is 1. The molecule has 0 heterocycles. The first-order chi connectivity index (χ1) is 14.9. The molecule has 1 aromatic carbocycles. The van der Waals surface area contributed by atoms with Gasteiger partial charge in [0.05, 0.1) is 7.11 Å². The fourth-order valence-electron chi connectivity index (χ4n) is 2.36. The van der Waals surface area contributed by atoms with Crippen LogP contribution in [0.3, 0.4) is 0 Å². The van der Waals surface area contributed by atoms with Crippen molar-refractivity contribution >= 4 is 35.9 Å². The normalized spacial score (nSPS) is 13.8. The molecule has 0 aliphatic carbocycles. The largest absolute Gasteiger partial charge is 0.480 e. The number of alkyl carbamates (subject to hydrolysis) is 2. The predicted octanol–water partition coefficient (Wildman–Crippen LogP) is 2.55. The van der Waals surface area contributed by atoms with Crippen molar-refractivity contribution in [2.24, 2.45) is 0 Å². The number of rotatable bonds is 10. The van der Waals surface area contributed by atoms with Crippen molar-refractivity contribution < 1.29 is 38.5 Å². The molecule has 0 fully saturated rings. The summed E-state index contributed by atoms with van der Waals surface area (Å²) in [5.74, 6) is -2.06. The smallest absolute Gasteiger partial charge is 0.408 e. The van der Waals surface area contributed by atoms with E-state index in [-0.39, 0.29) is 12.4 Å². The molecular formula is C21H30N2O8S. The van der Waals surface area contributed by atoms with Gasteiger partial charge < -0.3 is 30.0 Å². The number of amides is 2. The summed E-state index contributed by atoms with van der Waals surface area (Å²) in [6.07, 6.45) is -1.69. The van der Waals surface area contributed by atoms with E-state index in [4.69, 9.17) is 14.2 Å². The highest BCUT2D eigenvalue weighted by Gasteiger charge is 2.31. The molecule has 2 amide bonds. The van der Waals surface area contributed by atoms with Crippen molar-refractivity contribution in [3.8, 4) is 0 Å². The molecule has 1 aromatic rings. The Morgan fingerprint density at radius 1 is 1.06 bits per heavy atom. The Morgan fingerprint density at radius 3 is 2.22 bits per heavy atom. The molecular weight excluding hydrogens is 440 g/mol. The third-order valence-electron chi connectivity index (χ3n) is 3.93. The summed E-state index contributed by atoms with van der Waals surface area (Å²) >= 11 is 1.06. The van der Waals surface area contributed by atoms with Crippen molar-refractivity contribution in [2.45, 2.75) is 57.2 Å². The average molecular weight is 471 g/mol. The van der Waals surface area contributed by atoms with E-state index in [1.807, 2.05) is 6.07 Å². The lowest BCUT2D eigenvalue weighted by Crippen LogP contribution is -2.49. The Labute approximate surface area is 191 Å². The van der Waals surface area contributed by atoms with Gasteiger partial charge in [-0.25, -0.2) is 19.2 Å². The van der Waals surface area contributed by atoms with E-state index in [0.29, 0.717) is 0 Å². The first kappa shape index (κ1) is 27.1. The zero-order valence-electron chi connectivity index (χ0n) is 18.7. The van der Waals surface area contributed by atoms with E-state index in [0.717, 1.165) is 17.3 Å². The highest BCUT2D eigenvalue weighted by molar-refractivity contribution is 8.00. The zero-order valence-corrected chi connectivity index (χ0v) is 19.6.